The van der Waals surface area contributed by atoms with E-state index in [2.05, 4.69) is 6.07 Å². The minimum Gasteiger partial charge on any atom is -0.507 e. The molecule has 2 N–H and O–H groups in total. The molecule has 0 aromatic heterocycles. The summed E-state index contributed by atoms with van der Waals surface area (Å²) in [6.45, 7) is 13.7. The molecule has 0 fully saturated rings. The number of rotatable bonds is 3. The van der Waals surface area contributed by atoms with Crippen molar-refractivity contribution in [3.05, 3.63) is 64.7 Å². The highest BCUT2D eigenvalue weighted by Gasteiger charge is 2.21. The third-order valence-corrected chi connectivity index (χ3v) is 4.93. The van der Waals surface area contributed by atoms with Gasteiger partial charge in [0.2, 0.25) is 0 Å². The molecule has 0 saturated heterocycles. The van der Waals surface area contributed by atoms with Gasteiger partial charge in [0.05, 0.1) is 0 Å². The molecule has 151 valence electrons. The van der Waals surface area contributed by atoms with Crippen molar-refractivity contribution in [2.45, 2.75) is 54.1 Å². The summed E-state index contributed by atoms with van der Waals surface area (Å²) < 4.78 is 6.31. The minimum atomic E-state index is -0.366. The average molecular weight is 390 g/mol. The van der Waals surface area contributed by atoms with E-state index in [4.69, 9.17) is 4.74 Å². The second kappa shape index (κ2) is 7.47. The first-order chi connectivity index (χ1) is 13.5. The van der Waals surface area contributed by atoms with Gasteiger partial charge in [-0.05, 0) is 118 Å². The molecule has 0 heterocycles. The van der Waals surface area contributed by atoms with Gasteiger partial charge in [-0.25, -0.2) is 0 Å². The number of hydrogen-bond acceptors (Lipinski definition) is 3. The van der Waals surface area contributed by atoms with Crippen LogP contribution in [0.25, 0.3) is 22.3 Å². The number of benzene rings is 3. The third-order valence-electron chi connectivity index (χ3n) is 4.93. The molecule has 3 heteroatoms. The first kappa shape index (κ1) is 20.8. The second-order valence-electron chi connectivity index (χ2n) is 8.72. The largest absolute Gasteiger partial charge is 0.507 e. The van der Waals surface area contributed by atoms with E-state index in [-0.39, 0.29) is 5.60 Å². The van der Waals surface area contributed by atoms with Gasteiger partial charge < -0.3 is 14.9 Å². The van der Waals surface area contributed by atoms with E-state index in [0.29, 0.717) is 11.5 Å². The van der Waals surface area contributed by atoms with Gasteiger partial charge in [-0.1, -0.05) is 6.07 Å². The second-order valence-corrected chi connectivity index (χ2v) is 8.72. The highest BCUT2D eigenvalue weighted by Crippen LogP contribution is 2.43. The van der Waals surface area contributed by atoms with Gasteiger partial charge >= 0.3 is 0 Å². The molecule has 3 nitrogen and oxygen atoms in total. The van der Waals surface area contributed by atoms with E-state index in [1.807, 2.05) is 84.9 Å². The lowest BCUT2D eigenvalue weighted by atomic mass is 9.90. The van der Waals surface area contributed by atoms with Crippen LogP contribution < -0.4 is 4.74 Å². The molecule has 3 aromatic rings. The summed E-state index contributed by atoms with van der Waals surface area (Å²) in [7, 11) is 0. The first-order valence-corrected chi connectivity index (χ1v) is 9.83. The van der Waals surface area contributed by atoms with Crippen LogP contribution in [0.2, 0.25) is 0 Å². The van der Waals surface area contributed by atoms with Crippen molar-refractivity contribution < 1.29 is 14.9 Å². The van der Waals surface area contributed by atoms with Gasteiger partial charge in [0.1, 0.15) is 22.8 Å². The quantitative estimate of drug-likeness (QED) is 0.528. The van der Waals surface area contributed by atoms with Gasteiger partial charge in [-0.2, -0.15) is 0 Å². The fraction of sp³-hybridized carbons (Fsp3) is 0.308. The molecule has 0 aliphatic rings. The van der Waals surface area contributed by atoms with E-state index >= 15 is 0 Å². The van der Waals surface area contributed by atoms with Crippen LogP contribution in [-0.4, -0.2) is 15.8 Å². The lowest BCUT2D eigenvalue weighted by molar-refractivity contribution is 0.132. The summed E-state index contributed by atoms with van der Waals surface area (Å²) >= 11 is 0. The van der Waals surface area contributed by atoms with E-state index < -0.39 is 0 Å². The van der Waals surface area contributed by atoms with Crippen molar-refractivity contribution in [2.75, 3.05) is 0 Å². The third kappa shape index (κ3) is 4.24. The summed E-state index contributed by atoms with van der Waals surface area (Å²) in [5.74, 6) is 1.39. The molecular formula is C26H29O3. The Labute approximate surface area is 173 Å². The van der Waals surface area contributed by atoms with Crippen LogP contribution >= 0.6 is 0 Å². The SMILES string of the molecule is Cc1cc(-c2[c]ccc(OC(C)(C)C)c2-c2cc(C)c(O)c(C)c2)cc(C)c1O. The average Bonchev–Trinajstić information content (AvgIpc) is 2.62. The molecule has 1 radical (unpaired) electrons. The van der Waals surface area contributed by atoms with Crippen LogP contribution in [0.5, 0.6) is 17.2 Å². The Balaban J connectivity index is 2.35. The molecule has 0 bridgehead atoms. The van der Waals surface area contributed by atoms with Crippen molar-refractivity contribution in [1.82, 2.24) is 0 Å². The van der Waals surface area contributed by atoms with Crippen LogP contribution in [0, 0.1) is 33.8 Å². The first-order valence-electron chi connectivity index (χ1n) is 9.83. The number of ether oxygens (including phenoxy) is 1. The summed E-state index contributed by atoms with van der Waals surface area (Å²) in [6.07, 6.45) is 0. The van der Waals surface area contributed by atoms with Crippen molar-refractivity contribution in [2.24, 2.45) is 0 Å². The van der Waals surface area contributed by atoms with E-state index in [9.17, 15) is 10.2 Å². The monoisotopic (exact) mass is 389 g/mol. The summed E-state index contributed by atoms with van der Waals surface area (Å²) in [4.78, 5) is 0. The Bertz CT molecular complexity index is 1030. The Kier molecular flexibility index (Phi) is 5.36. The Morgan fingerprint density at radius 2 is 1.21 bits per heavy atom. The zero-order valence-corrected chi connectivity index (χ0v) is 18.3. The highest BCUT2D eigenvalue weighted by molar-refractivity contribution is 5.88. The molecule has 0 unspecified atom stereocenters. The summed E-state index contributed by atoms with van der Waals surface area (Å²) in [5, 5.41) is 20.5. The molecular weight excluding hydrogens is 360 g/mol. The van der Waals surface area contributed by atoms with E-state index in [0.717, 1.165) is 50.3 Å². The standard InChI is InChI=1S/C26H29O3/c1-15-11-19(12-16(2)24(15)27)21-9-8-10-22(29-26(5,6)7)23(21)20-13-17(3)25(28)18(4)14-20/h8,10-14,27-28H,1-7H3. The van der Waals surface area contributed by atoms with Crippen LogP contribution in [0.4, 0.5) is 0 Å². The molecule has 0 aliphatic heterocycles. The smallest absolute Gasteiger partial charge is 0.128 e. The Morgan fingerprint density at radius 1 is 0.759 bits per heavy atom. The van der Waals surface area contributed by atoms with Crippen LogP contribution in [0.3, 0.4) is 0 Å². The molecule has 0 spiro atoms. The predicted molar refractivity (Wildman–Crippen MR) is 119 cm³/mol. The maximum Gasteiger partial charge on any atom is 0.128 e. The maximum atomic E-state index is 10.3. The van der Waals surface area contributed by atoms with Crippen molar-refractivity contribution in [1.29, 1.82) is 0 Å². The van der Waals surface area contributed by atoms with Crippen LogP contribution in [0.1, 0.15) is 43.0 Å². The van der Waals surface area contributed by atoms with E-state index in [1.165, 1.54) is 0 Å². The van der Waals surface area contributed by atoms with Crippen molar-refractivity contribution >= 4 is 0 Å². The molecule has 0 aliphatic carbocycles. The number of aryl methyl sites for hydroxylation is 4. The summed E-state index contributed by atoms with van der Waals surface area (Å²) in [6, 6.07) is 15.1. The Hall–Kier alpha value is -2.94. The molecule has 29 heavy (non-hydrogen) atoms. The van der Waals surface area contributed by atoms with Crippen molar-refractivity contribution in [3.8, 4) is 39.5 Å². The van der Waals surface area contributed by atoms with E-state index in [1.54, 1.807) is 0 Å². The zero-order valence-electron chi connectivity index (χ0n) is 18.3. The topological polar surface area (TPSA) is 49.7 Å². The lowest BCUT2D eigenvalue weighted by Gasteiger charge is -2.25. The molecule has 0 amide bonds. The van der Waals surface area contributed by atoms with Gasteiger partial charge in [-0.15, -0.1) is 0 Å². The normalized spacial score (nSPS) is 11.6. The van der Waals surface area contributed by atoms with Crippen LogP contribution in [-0.2, 0) is 0 Å². The maximum absolute atomic E-state index is 10.3. The predicted octanol–water partition coefficient (Wildman–Crippen LogP) is 6.64. The fourth-order valence-corrected chi connectivity index (χ4v) is 3.61. The van der Waals surface area contributed by atoms with Gasteiger partial charge in [-0.3, -0.25) is 0 Å². The molecule has 3 rings (SSSR count). The number of hydrogen-bond donors (Lipinski definition) is 2. The lowest BCUT2D eigenvalue weighted by Crippen LogP contribution is -2.23. The fourth-order valence-electron chi connectivity index (χ4n) is 3.61. The van der Waals surface area contributed by atoms with Gasteiger partial charge in [0.15, 0.2) is 0 Å². The number of phenols is 2. The Morgan fingerprint density at radius 3 is 1.66 bits per heavy atom. The van der Waals surface area contributed by atoms with Gasteiger partial charge in [0.25, 0.3) is 0 Å². The minimum absolute atomic E-state index is 0.310. The molecule has 0 atom stereocenters. The van der Waals surface area contributed by atoms with Gasteiger partial charge in [0, 0.05) is 11.1 Å². The molecule has 0 saturated carbocycles. The number of phenolic OH excluding ortho intramolecular Hbond substituents is 2. The molecule has 3 aromatic carbocycles. The number of aromatic hydroxyl groups is 2. The van der Waals surface area contributed by atoms with Crippen molar-refractivity contribution in [3.63, 3.8) is 0 Å². The zero-order chi connectivity index (χ0) is 21.5. The highest BCUT2D eigenvalue weighted by atomic mass is 16.5. The van der Waals surface area contributed by atoms with Crippen LogP contribution in [0.15, 0.2) is 36.4 Å². The summed E-state index contributed by atoms with van der Waals surface area (Å²) in [5.41, 5.74) is 6.67.